The van der Waals surface area contributed by atoms with Gasteiger partial charge in [-0.15, -0.1) is 0 Å². The van der Waals surface area contributed by atoms with E-state index in [-0.39, 0.29) is 17.8 Å². The molecule has 1 N–H and O–H groups in total. The summed E-state index contributed by atoms with van der Waals surface area (Å²) in [6, 6.07) is 0. The van der Waals surface area contributed by atoms with E-state index < -0.39 is 11.7 Å². The fraction of sp³-hybridized carbons (Fsp3) is 0.900. The largest absolute Gasteiger partial charge is 0.435 e. The van der Waals surface area contributed by atoms with Crippen molar-refractivity contribution in [1.82, 2.24) is 0 Å². The molecule has 0 amide bonds. The van der Waals surface area contributed by atoms with Crippen LogP contribution >= 0.6 is 0 Å². The number of cyclic esters (lactones) is 1. The van der Waals surface area contributed by atoms with Crippen LogP contribution in [0.25, 0.3) is 0 Å². The van der Waals surface area contributed by atoms with Crippen molar-refractivity contribution in [2.75, 3.05) is 0 Å². The summed E-state index contributed by atoms with van der Waals surface area (Å²) in [5.74, 6) is -0.0234. The van der Waals surface area contributed by atoms with Crippen LogP contribution in [0.2, 0.25) is 0 Å². The third kappa shape index (κ3) is 1.85. The standard InChI is InChI=1S/C10H18O3/c1-6-5-7(2)10(3,4)9(12)13-8(6)11/h6-8,11H,5H2,1-4H3. The average Bonchev–Trinajstić information content (AvgIpc) is 2.06. The number of aliphatic hydroxyl groups is 1. The van der Waals surface area contributed by atoms with E-state index in [2.05, 4.69) is 0 Å². The Kier molecular flexibility index (Phi) is 2.66. The van der Waals surface area contributed by atoms with Crippen molar-refractivity contribution in [1.29, 1.82) is 0 Å². The van der Waals surface area contributed by atoms with Crippen LogP contribution in [0, 0.1) is 17.3 Å². The predicted molar refractivity (Wildman–Crippen MR) is 48.8 cm³/mol. The van der Waals surface area contributed by atoms with Gasteiger partial charge >= 0.3 is 5.97 Å². The second kappa shape index (κ2) is 3.29. The second-order valence-electron chi connectivity index (χ2n) is 4.63. The van der Waals surface area contributed by atoms with Gasteiger partial charge in [-0.1, -0.05) is 13.8 Å². The van der Waals surface area contributed by atoms with Crippen LogP contribution in [0.5, 0.6) is 0 Å². The van der Waals surface area contributed by atoms with Gasteiger partial charge in [-0.3, -0.25) is 4.79 Å². The first-order chi connectivity index (χ1) is 5.85. The predicted octanol–water partition coefficient (Wildman–Crippen LogP) is 1.55. The number of hydrogen-bond donors (Lipinski definition) is 1. The molecule has 1 rings (SSSR count). The number of ether oxygens (including phenoxy) is 1. The Balaban J connectivity index is 2.87. The number of rotatable bonds is 0. The molecule has 3 heteroatoms. The monoisotopic (exact) mass is 186 g/mol. The molecule has 0 saturated carbocycles. The zero-order valence-corrected chi connectivity index (χ0v) is 8.70. The first kappa shape index (κ1) is 10.5. The van der Waals surface area contributed by atoms with Crippen LogP contribution < -0.4 is 0 Å². The van der Waals surface area contributed by atoms with E-state index in [4.69, 9.17) is 4.74 Å². The molecular formula is C10H18O3. The highest BCUT2D eigenvalue weighted by atomic mass is 16.6. The van der Waals surface area contributed by atoms with E-state index in [0.717, 1.165) is 6.42 Å². The number of aliphatic hydroxyl groups excluding tert-OH is 1. The van der Waals surface area contributed by atoms with Gasteiger partial charge in [-0.05, 0) is 26.2 Å². The average molecular weight is 186 g/mol. The normalized spacial score (nSPS) is 39.5. The maximum atomic E-state index is 11.5. The molecule has 1 aliphatic heterocycles. The van der Waals surface area contributed by atoms with Gasteiger partial charge in [0.25, 0.3) is 0 Å². The number of esters is 1. The maximum Gasteiger partial charge on any atom is 0.314 e. The molecule has 13 heavy (non-hydrogen) atoms. The molecule has 1 aliphatic rings. The molecule has 3 unspecified atom stereocenters. The summed E-state index contributed by atoms with van der Waals surface area (Å²) in [5.41, 5.74) is -0.480. The number of hydrogen-bond acceptors (Lipinski definition) is 3. The number of carbonyl (C=O) groups is 1. The summed E-state index contributed by atoms with van der Waals surface area (Å²) in [4.78, 5) is 11.5. The van der Waals surface area contributed by atoms with Crippen molar-refractivity contribution < 1.29 is 14.6 Å². The van der Waals surface area contributed by atoms with Crippen molar-refractivity contribution in [3.05, 3.63) is 0 Å². The van der Waals surface area contributed by atoms with Gasteiger partial charge < -0.3 is 9.84 Å². The summed E-state index contributed by atoms with van der Waals surface area (Å²) in [5, 5.41) is 9.44. The molecule has 1 saturated heterocycles. The van der Waals surface area contributed by atoms with E-state index in [1.807, 2.05) is 27.7 Å². The molecule has 76 valence electrons. The molecule has 3 nitrogen and oxygen atoms in total. The van der Waals surface area contributed by atoms with Crippen molar-refractivity contribution >= 4 is 5.97 Å². The lowest BCUT2D eigenvalue weighted by Crippen LogP contribution is -2.32. The fourth-order valence-electron chi connectivity index (χ4n) is 1.55. The molecule has 0 aromatic rings. The minimum absolute atomic E-state index is 0.0284. The van der Waals surface area contributed by atoms with Gasteiger partial charge in [-0.25, -0.2) is 0 Å². The van der Waals surface area contributed by atoms with Gasteiger partial charge in [-0.2, -0.15) is 0 Å². The molecule has 1 heterocycles. The van der Waals surface area contributed by atoms with E-state index in [1.54, 1.807) is 0 Å². The third-order valence-corrected chi connectivity index (χ3v) is 3.20. The summed E-state index contributed by atoms with van der Waals surface area (Å²) in [6.45, 7) is 7.65. The van der Waals surface area contributed by atoms with Crippen LogP contribution in [0.4, 0.5) is 0 Å². The van der Waals surface area contributed by atoms with Crippen LogP contribution in [-0.2, 0) is 9.53 Å². The highest BCUT2D eigenvalue weighted by molar-refractivity contribution is 5.76. The molecule has 1 fully saturated rings. The van der Waals surface area contributed by atoms with Crippen molar-refractivity contribution in [3.63, 3.8) is 0 Å². The molecule has 0 radical (unpaired) electrons. The lowest BCUT2D eigenvalue weighted by Gasteiger charge is -2.26. The zero-order chi connectivity index (χ0) is 10.2. The molecule has 0 bridgehead atoms. The molecule has 3 atom stereocenters. The summed E-state index contributed by atoms with van der Waals surface area (Å²) in [7, 11) is 0. The van der Waals surface area contributed by atoms with E-state index in [1.165, 1.54) is 0 Å². The van der Waals surface area contributed by atoms with Gasteiger partial charge in [0.1, 0.15) is 0 Å². The molecule has 0 aromatic heterocycles. The summed E-state index contributed by atoms with van der Waals surface area (Å²) >= 11 is 0. The maximum absolute atomic E-state index is 11.5. The Hall–Kier alpha value is -0.570. The lowest BCUT2D eigenvalue weighted by molar-refractivity contribution is -0.181. The molecule has 0 aromatic carbocycles. The molecular weight excluding hydrogens is 168 g/mol. The van der Waals surface area contributed by atoms with Crippen LogP contribution in [0.1, 0.15) is 34.1 Å². The fourth-order valence-corrected chi connectivity index (χ4v) is 1.55. The first-order valence-corrected chi connectivity index (χ1v) is 4.75. The van der Waals surface area contributed by atoms with Gasteiger partial charge in [0, 0.05) is 5.92 Å². The van der Waals surface area contributed by atoms with Gasteiger partial charge in [0.2, 0.25) is 6.29 Å². The highest BCUT2D eigenvalue weighted by Crippen LogP contribution is 2.37. The van der Waals surface area contributed by atoms with Gasteiger partial charge in [0.05, 0.1) is 5.41 Å². The Morgan fingerprint density at radius 3 is 2.54 bits per heavy atom. The van der Waals surface area contributed by atoms with E-state index in [9.17, 15) is 9.90 Å². The van der Waals surface area contributed by atoms with E-state index >= 15 is 0 Å². The first-order valence-electron chi connectivity index (χ1n) is 4.75. The Morgan fingerprint density at radius 1 is 1.46 bits per heavy atom. The third-order valence-electron chi connectivity index (χ3n) is 3.20. The smallest absolute Gasteiger partial charge is 0.314 e. The van der Waals surface area contributed by atoms with Crippen molar-refractivity contribution in [2.24, 2.45) is 17.3 Å². The Morgan fingerprint density at radius 2 is 2.00 bits per heavy atom. The summed E-state index contributed by atoms with van der Waals surface area (Å²) in [6.07, 6.45) is -0.114. The van der Waals surface area contributed by atoms with Crippen molar-refractivity contribution in [2.45, 2.75) is 40.4 Å². The lowest BCUT2D eigenvalue weighted by atomic mass is 9.77. The Bertz CT molecular complexity index is 210. The zero-order valence-electron chi connectivity index (χ0n) is 8.70. The Labute approximate surface area is 79.1 Å². The van der Waals surface area contributed by atoms with Crippen LogP contribution in [0.15, 0.2) is 0 Å². The highest BCUT2D eigenvalue weighted by Gasteiger charge is 2.41. The molecule has 0 spiro atoms. The minimum Gasteiger partial charge on any atom is -0.435 e. The summed E-state index contributed by atoms with van der Waals surface area (Å²) < 4.78 is 4.93. The van der Waals surface area contributed by atoms with E-state index in [0.29, 0.717) is 0 Å². The van der Waals surface area contributed by atoms with Crippen molar-refractivity contribution in [3.8, 4) is 0 Å². The van der Waals surface area contributed by atoms with Crippen LogP contribution in [-0.4, -0.2) is 17.4 Å². The SMILES string of the molecule is CC1CC(C)C(C)(C)C(=O)OC1O. The minimum atomic E-state index is -0.934. The van der Waals surface area contributed by atoms with Crippen LogP contribution in [0.3, 0.4) is 0 Å². The topological polar surface area (TPSA) is 46.5 Å². The molecule has 0 aliphatic carbocycles. The number of carbonyl (C=O) groups excluding carboxylic acids is 1. The quantitative estimate of drug-likeness (QED) is 0.584. The van der Waals surface area contributed by atoms with Gasteiger partial charge in [0.15, 0.2) is 0 Å². The second-order valence-corrected chi connectivity index (χ2v) is 4.63.